The molecule has 0 saturated carbocycles. The Balaban J connectivity index is 2.23. The van der Waals surface area contributed by atoms with Crippen molar-refractivity contribution < 1.29 is 0 Å². The molecule has 104 valence electrons. The first-order valence-corrected chi connectivity index (χ1v) is 6.90. The van der Waals surface area contributed by atoms with Gasteiger partial charge < -0.3 is 5.73 Å². The van der Waals surface area contributed by atoms with E-state index in [-0.39, 0.29) is 0 Å². The first-order chi connectivity index (χ1) is 9.19. The van der Waals surface area contributed by atoms with Crippen molar-refractivity contribution in [2.24, 2.45) is 5.73 Å². The van der Waals surface area contributed by atoms with Crippen LogP contribution in [0.15, 0.2) is 6.20 Å². The summed E-state index contributed by atoms with van der Waals surface area (Å²) in [6, 6.07) is 0. The van der Waals surface area contributed by atoms with Crippen LogP contribution in [0, 0.1) is 0 Å². The number of hydrogen-bond acceptors (Lipinski definition) is 4. The van der Waals surface area contributed by atoms with Gasteiger partial charge in [0.15, 0.2) is 0 Å². The summed E-state index contributed by atoms with van der Waals surface area (Å²) in [6.07, 6.45) is 3.47. The van der Waals surface area contributed by atoms with Crippen molar-refractivity contribution >= 4 is 11.6 Å². The van der Waals surface area contributed by atoms with E-state index >= 15 is 0 Å². The maximum Gasteiger partial charge on any atom is 0.0869 e. The molecule has 0 aliphatic rings. The van der Waals surface area contributed by atoms with Crippen LogP contribution in [0.5, 0.6) is 0 Å². The van der Waals surface area contributed by atoms with Crippen molar-refractivity contribution in [1.82, 2.24) is 24.8 Å². The molecule has 6 nitrogen and oxygen atoms in total. The molecule has 0 unspecified atom stereocenters. The standard InChI is InChI=1S/C12H19ClN6/c1-3-10-12(13)11(19(4-2)16-10)8-18-7-9(5-6-14)15-17-18/h7H,3-6,8,14H2,1-2H3. The smallest absolute Gasteiger partial charge is 0.0869 e. The van der Waals surface area contributed by atoms with E-state index in [0.29, 0.717) is 13.1 Å². The molecule has 19 heavy (non-hydrogen) atoms. The highest BCUT2D eigenvalue weighted by Crippen LogP contribution is 2.22. The van der Waals surface area contributed by atoms with Crippen LogP contribution in [0.3, 0.4) is 0 Å². The lowest BCUT2D eigenvalue weighted by Crippen LogP contribution is -2.09. The molecule has 2 N–H and O–H groups in total. The third kappa shape index (κ3) is 2.96. The average Bonchev–Trinajstić information content (AvgIpc) is 2.97. The normalized spacial score (nSPS) is 11.2. The van der Waals surface area contributed by atoms with Crippen LogP contribution in [-0.4, -0.2) is 31.3 Å². The molecule has 0 aliphatic carbocycles. The number of nitrogens with zero attached hydrogens (tertiary/aromatic N) is 5. The maximum absolute atomic E-state index is 6.36. The Hall–Kier alpha value is -1.40. The predicted molar refractivity (Wildman–Crippen MR) is 74.2 cm³/mol. The van der Waals surface area contributed by atoms with E-state index < -0.39 is 0 Å². The third-order valence-corrected chi connectivity index (χ3v) is 3.43. The maximum atomic E-state index is 6.36. The fraction of sp³-hybridized carbons (Fsp3) is 0.583. The summed E-state index contributed by atoms with van der Waals surface area (Å²) in [5.41, 5.74) is 8.31. The summed E-state index contributed by atoms with van der Waals surface area (Å²) >= 11 is 6.36. The summed E-state index contributed by atoms with van der Waals surface area (Å²) in [7, 11) is 0. The van der Waals surface area contributed by atoms with E-state index in [4.69, 9.17) is 17.3 Å². The van der Waals surface area contributed by atoms with Crippen LogP contribution in [0.1, 0.15) is 30.9 Å². The molecule has 0 bridgehead atoms. The highest BCUT2D eigenvalue weighted by Gasteiger charge is 2.15. The molecule has 0 fully saturated rings. The Bertz CT molecular complexity index is 544. The molecular formula is C12H19ClN6. The van der Waals surface area contributed by atoms with Crippen LogP contribution in [0.25, 0.3) is 0 Å². The SMILES string of the molecule is CCc1nn(CC)c(Cn2cc(CCN)nn2)c1Cl. The highest BCUT2D eigenvalue weighted by molar-refractivity contribution is 6.31. The summed E-state index contributed by atoms with van der Waals surface area (Å²) in [5.74, 6) is 0. The van der Waals surface area contributed by atoms with Crippen molar-refractivity contribution in [3.8, 4) is 0 Å². The van der Waals surface area contributed by atoms with Crippen molar-refractivity contribution in [2.45, 2.75) is 39.8 Å². The molecule has 0 aromatic carbocycles. The molecule has 7 heteroatoms. The monoisotopic (exact) mass is 282 g/mol. The Labute approximate surface area is 117 Å². The Morgan fingerprint density at radius 2 is 2.16 bits per heavy atom. The van der Waals surface area contributed by atoms with Gasteiger partial charge in [-0.1, -0.05) is 23.7 Å². The molecule has 0 saturated heterocycles. The average molecular weight is 283 g/mol. The third-order valence-electron chi connectivity index (χ3n) is 2.99. The zero-order valence-corrected chi connectivity index (χ0v) is 12.1. The van der Waals surface area contributed by atoms with Crippen LogP contribution in [0.4, 0.5) is 0 Å². The zero-order valence-electron chi connectivity index (χ0n) is 11.3. The zero-order chi connectivity index (χ0) is 13.8. The van der Waals surface area contributed by atoms with Crippen molar-refractivity contribution in [2.75, 3.05) is 6.54 Å². The minimum Gasteiger partial charge on any atom is -0.330 e. The van der Waals surface area contributed by atoms with Crippen molar-refractivity contribution in [3.05, 3.63) is 28.3 Å². The Morgan fingerprint density at radius 3 is 2.79 bits per heavy atom. The second kappa shape index (κ2) is 6.16. The number of hydrogen-bond donors (Lipinski definition) is 1. The molecule has 2 aromatic heterocycles. The summed E-state index contributed by atoms with van der Waals surface area (Å²) in [5, 5.41) is 13.4. The van der Waals surface area contributed by atoms with E-state index in [1.807, 2.05) is 24.7 Å². The second-order valence-electron chi connectivity index (χ2n) is 4.32. The van der Waals surface area contributed by atoms with Gasteiger partial charge in [-0.15, -0.1) is 5.10 Å². The van der Waals surface area contributed by atoms with E-state index in [1.165, 1.54) is 0 Å². The quantitative estimate of drug-likeness (QED) is 0.865. The molecule has 2 rings (SSSR count). The first kappa shape index (κ1) is 14.0. The van der Waals surface area contributed by atoms with E-state index in [0.717, 1.165) is 41.5 Å². The van der Waals surface area contributed by atoms with Crippen molar-refractivity contribution in [1.29, 1.82) is 0 Å². The molecule has 0 radical (unpaired) electrons. The van der Waals surface area contributed by atoms with Crippen molar-refractivity contribution in [3.63, 3.8) is 0 Å². The van der Waals surface area contributed by atoms with Gasteiger partial charge in [0.25, 0.3) is 0 Å². The number of aryl methyl sites for hydroxylation is 2. The lowest BCUT2D eigenvalue weighted by Gasteiger charge is -2.04. The Kier molecular flexibility index (Phi) is 4.55. The van der Waals surface area contributed by atoms with Crippen LogP contribution < -0.4 is 5.73 Å². The van der Waals surface area contributed by atoms with Crippen LogP contribution in [-0.2, 0) is 25.9 Å². The molecule has 0 spiro atoms. The summed E-state index contributed by atoms with van der Waals surface area (Å²) < 4.78 is 3.70. The topological polar surface area (TPSA) is 74.5 Å². The van der Waals surface area contributed by atoms with Crippen LogP contribution >= 0.6 is 11.6 Å². The largest absolute Gasteiger partial charge is 0.330 e. The number of nitrogens with two attached hydrogens (primary N) is 1. The van der Waals surface area contributed by atoms with Gasteiger partial charge in [-0.25, -0.2) is 4.68 Å². The summed E-state index contributed by atoms with van der Waals surface area (Å²) in [6.45, 7) is 6.04. The van der Waals surface area contributed by atoms with Gasteiger partial charge in [0.05, 0.1) is 28.6 Å². The highest BCUT2D eigenvalue weighted by atomic mass is 35.5. The minimum absolute atomic E-state index is 0.576. The molecule has 0 atom stereocenters. The lowest BCUT2D eigenvalue weighted by atomic mass is 10.3. The van der Waals surface area contributed by atoms with E-state index in [1.54, 1.807) is 4.68 Å². The van der Waals surface area contributed by atoms with Gasteiger partial charge >= 0.3 is 0 Å². The van der Waals surface area contributed by atoms with E-state index in [9.17, 15) is 0 Å². The molecule has 2 aromatic rings. The van der Waals surface area contributed by atoms with E-state index in [2.05, 4.69) is 15.4 Å². The van der Waals surface area contributed by atoms with Gasteiger partial charge in [-0.05, 0) is 19.9 Å². The first-order valence-electron chi connectivity index (χ1n) is 6.52. The second-order valence-corrected chi connectivity index (χ2v) is 4.70. The van der Waals surface area contributed by atoms with Gasteiger partial charge in [0.2, 0.25) is 0 Å². The predicted octanol–water partition coefficient (Wildman–Crippen LogP) is 1.26. The lowest BCUT2D eigenvalue weighted by molar-refractivity contribution is 0.564. The van der Waals surface area contributed by atoms with Gasteiger partial charge in [-0.3, -0.25) is 4.68 Å². The molecule has 0 amide bonds. The van der Waals surface area contributed by atoms with Gasteiger partial charge in [0.1, 0.15) is 0 Å². The summed E-state index contributed by atoms with van der Waals surface area (Å²) in [4.78, 5) is 0. The van der Waals surface area contributed by atoms with Crippen LogP contribution in [0.2, 0.25) is 5.02 Å². The fourth-order valence-electron chi connectivity index (χ4n) is 2.00. The molecular weight excluding hydrogens is 264 g/mol. The number of aromatic nitrogens is 5. The van der Waals surface area contributed by atoms with Gasteiger partial charge in [0, 0.05) is 19.2 Å². The molecule has 2 heterocycles. The Morgan fingerprint density at radius 1 is 1.37 bits per heavy atom. The fourth-order valence-corrected chi connectivity index (χ4v) is 2.33. The van der Waals surface area contributed by atoms with Gasteiger partial charge in [-0.2, -0.15) is 5.10 Å². The minimum atomic E-state index is 0.576. The molecule has 0 aliphatic heterocycles. The number of halogens is 1. The number of rotatable bonds is 6.